The van der Waals surface area contributed by atoms with Gasteiger partial charge in [0.05, 0.1) is 18.5 Å². The molecule has 1 heterocycles. The molecule has 1 aromatic rings. The van der Waals surface area contributed by atoms with Crippen molar-refractivity contribution in [2.45, 2.75) is 0 Å². The molecular formula is C8H7N2O. The SMILES string of the molecule is COc1ccc2c(c1)[N]C=N2. The molecule has 2 rings (SSSR count). The molecule has 0 atom stereocenters. The number of benzene rings is 1. The molecule has 3 heteroatoms. The van der Waals surface area contributed by atoms with E-state index in [1.165, 1.54) is 0 Å². The maximum Gasteiger partial charge on any atom is 0.121 e. The van der Waals surface area contributed by atoms with Gasteiger partial charge in [0.25, 0.3) is 0 Å². The summed E-state index contributed by atoms with van der Waals surface area (Å²) in [5.74, 6) is 0.818. The number of rotatable bonds is 1. The zero-order chi connectivity index (χ0) is 7.68. The number of ether oxygens (including phenoxy) is 1. The van der Waals surface area contributed by atoms with E-state index >= 15 is 0 Å². The molecule has 0 saturated carbocycles. The van der Waals surface area contributed by atoms with Gasteiger partial charge in [-0.05, 0) is 12.1 Å². The first-order chi connectivity index (χ1) is 5.40. The highest BCUT2D eigenvalue weighted by atomic mass is 16.5. The van der Waals surface area contributed by atoms with Gasteiger partial charge in [-0.1, -0.05) is 0 Å². The summed E-state index contributed by atoms with van der Waals surface area (Å²) in [6.07, 6.45) is 1.55. The van der Waals surface area contributed by atoms with Gasteiger partial charge in [-0.2, -0.15) is 0 Å². The second kappa shape index (κ2) is 2.27. The molecular weight excluding hydrogens is 140 g/mol. The van der Waals surface area contributed by atoms with Gasteiger partial charge in [-0.25, -0.2) is 10.3 Å². The maximum absolute atomic E-state index is 5.02. The Kier molecular flexibility index (Phi) is 1.28. The number of hydrogen-bond acceptors (Lipinski definition) is 2. The Balaban J connectivity index is 2.45. The van der Waals surface area contributed by atoms with Crippen molar-refractivity contribution in [1.82, 2.24) is 5.32 Å². The topological polar surface area (TPSA) is 35.7 Å². The lowest BCUT2D eigenvalue weighted by molar-refractivity contribution is 0.415. The molecule has 55 valence electrons. The minimum atomic E-state index is 0.818. The summed E-state index contributed by atoms with van der Waals surface area (Å²) < 4.78 is 5.02. The monoisotopic (exact) mass is 147 g/mol. The molecule has 3 nitrogen and oxygen atoms in total. The van der Waals surface area contributed by atoms with E-state index in [2.05, 4.69) is 10.3 Å². The Morgan fingerprint density at radius 3 is 3.00 bits per heavy atom. The van der Waals surface area contributed by atoms with E-state index in [1.54, 1.807) is 13.4 Å². The second-order valence-electron chi connectivity index (χ2n) is 2.23. The van der Waals surface area contributed by atoms with E-state index in [1.807, 2.05) is 18.2 Å². The molecule has 1 radical (unpaired) electrons. The zero-order valence-electron chi connectivity index (χ0n) is 6.11. The average Bonchev–Trinajstić information content (AvgIpc) is 2.50. The fourth-order valence-electron chi connectivity index (χ4n) is 0.996. The van der Waals surface area contributed by atoms with Crippen LogP contribution in [0.4, 0.5) is 11.4 Å². The largest absolute Gasteiger partial charge is 0.497 e. The highest BCUT2D eigenvalue weighted by Crippen LogP contribution is 2.31. The second-order valence-corrected chi connectivity index (χ2v) is 2.23. The summed E-state index contributed by atoms with van der Waals surface area (Å²) in [6.45, 7) is 0. The molecule has 0 amide bonds. The first kappa shape index (κ1) is 6.22. The summed E-state index contributed by atoms with van der Waals surface area (Å²) in [6, 6.07) is 5.63. The minimum Gasteiger partial charge on any atom is -0.497 e. The normalized spacial score (nSPS) is 12.5. The number of methoxy groups -OCH3 is 1. The summed E-state index contributed by atoms with van der Waals surface area (Å²) in [4.78, 5) is 4.03. The predicted molar refractivity (Wildman–Crippen MR) is 42.9 cm³/mol. The molecule has 0 unspecified atom stereocenters. The molecule has 0 bridgehead atoms. The average molecular weight is 147 g/mol. The molecule has 1 aliphatic rings. The van der Waals surface area contributed by atoms with Crippen LogP contribution in [0.25, 0.3) is 0 Å². The van der Waals surface area contributed by atoms with Crippen molar-refractivity contribution in [3.05, 3.63) is 18.2 Å². The van der Waals surface area contributed by atoms with Gasteiger partial charge < -0.3 is 4.74 Å². The fraction of sp³-hybridized carbons (Fsp3) is 0.125. The molecule has 0 spiro atoms. The Labute approximate surface area is 64.7 Å². The van der Waals surface area contributed by atoms with Crippen molar-refractivity contribution in [3.63, 3.8) is 0 Å². The highest BCUT2D eigenvalue weighted by molar-refractivity contribution is 5.82. The molecule has 1 aromatic carbocycles. The molecule has 0 saturated heterocycles. The quantitative estimate of drug-likeness (QED) is 0.594. The van der Waals surface area contributed by atoms with Crippen LogP contribution in [0.15, 0.2) is 23.2 Å². The zero-order valence-corrected chi connectivity index (χ0v) is 6.11. The van der Waals surface area contributed by atoms with Gasteiger partial charge in [-0.15, -0.1) is 0 Å². The van der Waals surface area contributed by atoms with Crippen LogP contribution in [-0.4, -0.2) is 13.4 Å². The third kappa shape index (κ3) is 0.941. The fourth-order valence-corrected chi connectivity index (χ4v) is 0.996. The van der Waals surface area contributed by atoms with Gasteiger partial charge in [-0.3, -0.25) is 0 Å². The Morgan fingerprint density at radius 1 is 1.27 bits per heavy atom. The first-order valence-electron chi connectivity index (χ1n) is 3.31. The number of hydrogen-bond donors (Lipinski definition) is 0. The molecule has 0 N–H and O–H groups in total. The minimum absolute atomic E-state index is 0.818. The van der Waals surface area contributed by atoms with Gasteiger partial charge in [0, 0.05) is 6.07 Å². The molecule has 0 fully saturated rings. The van der Waals surface area contributed by atoms with Crippen molar-refractivity contribution in [1.29, 1.82) is 0 Å². The molecule has 0 aromatic heterocycles. The van der Waals surface area contributed by atoms with Crippen LogP contribution >= 0.6 is 0 Å². The van der Waals surface area contributed by atoms with Gasteiger partial charge in [0.2, 0.25) is 0 Å². The van der Waals surface area contributed by atoms with E-state index in [0.717, 1.165) is 17.1 Å². The van der Waals surface area contributed by atoms with Crippen molar-refractivity contribution in [2.24, 2.45) is 4.99 Å². The van der Waals surface area contributed by atoms with Gasteiger partial charge in [0.15, 0.2) is 0 Å². The van der Waals surface area contributed by atoms with E-state index in [-0.39, 0.29) is 0 Å². The van der Waals surface area contributed by atoms with Crippen LogP contribution in [0.3, 0.4) is 0 Å². The van der Waals surface area contributed by atoms with Crippen molar-refractivity contribution >= 4 is 17.7 Å². The van der Waals surface area contributed by atoms with Crippen LogP contribution in [0.1, 0.15) is 0 Å². The maximum atomic E-state index is 5.02. The standard InChI is InChI=1S/C8H7N2O/c1-11-6-2-3-7-8(4-6)10-5-9-7/h2-5H,1H3. The lowest BCUT2D eigenvalue weighted by Gasteiger charge is -2.00. The van der Waals surface area contributed by atoms with Crippen LogP contribution in [0.5, 0.6) is 5.75 Å². The summed E-state index contributed by atoms with van der Waals surface area (Å²) in [7, 11) is 1.64. The predicted octanol–water partition coefficient (Wildman–Crippen LogP) is 1.60. The van der Waals surface area contributed by atoms with Crippen molar-refractivity contribution < 1.29 is 4.74 Å². The summed E-state index contributed by atoms with van der Waals surface area (Å²) >= 11 is 0. The van der Waals surface area contributed by atoms with Gasteiger partial charge in [0.1, 0.15) is 12.1 Å². The van der Waals surface area contributed by atoms with E-state index in [0.29, 0.717) is 0 Å². The number of fused-ring (bicyclic) bond motifs is 1. The van der Waals surface area contributed by atoms with E-state index in [4.69, 9.17) is 4.74 Å². The van der Waals surface area contributed by atoms with Crippen LogP contribution in [-0.2, 0) is 0 Å². The lowest BCUT2D eigenvalue weighted by atomic mass is 10.2. The van der Waals surface area contributed by atoms with Crippen molar-refractivity contribution in [3.8, 4) is 5.75 Å². The Hall–Kier alpha value is -1.51. The smallest absolute Gasteiger partial charge is 0.121 e. The lowest BCUT2D eigenvalue weighted by Crippen LogP contribution is -1.87. The Morgan fingerprint density at radius 2 is 2.18 bits per heavy atom. The summed E-state index contributed by atoms with van der Waals surface area (Å²) in [5.41, 5.74) is 1.79. The number of nitrogens with zero attached hydrogens (tertiary/aromatic N) is 2. The van der Waals surface area contributed by atoms with E-state index < -0.39 is 0 Å². The van der Waals surface area contributed by atoms with Crippen molar-refractivity contribution in [2.75, 3.05) is 7.11 Å². The molecule has 0 aliphatic carbocycles. The van der Waals surface area contributed by atoms with Crippen LogP contribution < -0.4 is 10.1 Å². The van der Waals surface area contributed by atoms with Gasteiger partial charge >= 0.3 is 0 Å². The third-order valence-corrected chi connectivity index (χ3v) is 1.58. The van der Waals surface area contributed by atoms with E-state index in [9.17, 15) is 0 Å². The third-order valence-electron chi connectivity index (χ3n) is 1.58. The Bertz CT molecular complexity index is 307. The summed E-state index contributed by atoms with van der Waals surface area (Å²) in [5, 5.41) is 4.04. The molecule has 1 aliphatic heterocycles. The number of aliphatic imine (C=N–C) groups is 1. The first-order valence-corrected chi connectivity index (χ1v) is 3.31. The highest BCUT2D eigenvalue weighted by Gasteiger charge is 2.07. The van der Waals surface area contributed by atoms with Crippen LogP contribution in [0.2, 0.25) is 0 Å². The van der Waals surface area contributed by atoms with Crippen LogP contribution in [0, 0.1) is 0 Å². The molecule has 11 heavy (non-hydrogen) atoms.